The molecule has 0 aliphatic carbocycles. The standard InChI is InChI=1S/C22H30N4O4S.HI/c1-2-23-22(24-11-7-17-31(28,29)18-19-8-4-3-5-9-19)26-14-12-25(13-15-26)21(27)20-10-6-16-30-20;/h3-6,8-10,16H,2,7,11-15,17-18H2,1H3,(H,23,24);1H. The summed E-state index contributed by atoms with van der Waals surface area (Å²) >= 11 is 0. The van der Waals surface area contributed by atoms with E-state index in [0.29, 0.717) is 44.9 Å². The van der Waals surface area contributed by atoms with E-state index in [4.69, 9.17) is 4.42 Å². The maximum absolute atomic E-state index is 12.4. The molecule has 8 nitrogen and oxygen atoms in total. The molecule has 1 saturated heterocycles. The number of benzene rings is 1. The number of furan rings is 1. The largest absolute Gasteiger partial charge is 0.459 e. The fourth-order valence-electron chi connectivity index (χ4n) is 3.47. The van der Waals surface area contributed by atoms with E-state index in [2.05, 4.69) is 15.2 Å². The lowest BCUT2D eigenvalue weighted by atomic mass is 10.2. The maximum atomic E-state index is 12.4. The van der Waals surface area contributed by atoms with Crippen molar-refractivity contribution in [3.8, 4) is 0 Å². The van der Waals surface area contributed by atoms with E-state index in [-0.39, 0.29) is 41.4 Å². The molecule has 1 fully saturated rings. The zero-order chi connectivity index (χ0) is 22.1. The van der Waals surface area contributed by atoms with Crippen LogP contribution in [0, 0.1) is 0 Å². The number of hydrogen-bond acceptors (Lipinski definition) is 5. The van der Waals surface area contributed by atoms with Crippen LogP contribution in [-0.4, -0.2) is 75.1 Å². The van der Waals surface area contributed by atoms with E-state index >= 15 is 0 Å². The van der Waals surface area contributed by atoms with Crippen LogP contribution in [0.2, 0.25) is 0 Å². The second-order valence-electron chi connectivity index (χ2n) is 7.42. The minimum Gasteiger partial charge on any atom is -0.459 e. The topological polar surface area (TPSA) is 95.2 Å². The maximum Gasteiger partial charge on any atom is 0.289 e. The summed E-state index contributed by atoms with van der Waals surface area (Å²) in [5.41, 5.74) is 0.807. The third-order valence-electron chi connectivity index (χ3n) is 5.04. The van der Waals surface area contributed by atoms with Gasteiger partial charge in [-0.1, -0.05) is 30.3 Å². The van der Waals surface area contributed by atoms with Crippen molar-refractivity contribution in [3.05, 3.63) is 60.1 Å². The highest BCUT2D eigenvalue weighted by atomic mass is 127. The van der Waals surface area contributed by atoms with Crippen LogP contribution >= 0.6 is 24.0 Å². The van der Waals surface area contributed by atoms with Gasteiger partial charge in [0.05, 0.1) is 17.8 Å². The van der Waals surface area contributed by atoms with Crippen molar-refractivity contribution in [2.75, 3.05) is 45.0 Å². The first-order valence-corrected chi connectivity index (χ1v) is 12.4. The Balaban J connectivity index is 0.00000363. The molecule has 1 aliphatic heterocycles. The van der Waals surface area contributed by atoms with Crippen molar-refractivity contribution >= 4 is 45.7 Å². The summed E-state index contributed by atoms with van der Waals surface area (Å²) in [5.74, 6) is 1.17. The smallest absolute Gasteiger partial charge is 0.289 e. The summed E-state index contributed by atoms with van der Waals surface area (Å²) in [6.45, 7) is 5.62. The van der Waals surface area contributed by atoms with E-state index in [0.717, 1.165) is 18.1 Å². The van der Waals surface area contributed by atoms with Gasteiger partial charge in [-0.2, -0.15) is 0 Å². The molecule has 3 rings (SSSR count). The van der Waals surface area contributed by atoms with Crippen molar-refractivity contribution in [3.63, 3.8) is 0 Å². The van der Waals surface area contributed by atoms with Gasteiger partial charge in [0.2, 0.25) is 0 Å². The summed E-state index contributed by atoms with van der Waals surface area (Å²) < 4.78 is 29.9. The molecule has 0 unspecified atom stereocenters. The average molecular weight is 574 g/mol. The van der Waals surface area contributed by atoms with Gasteiger partial charge in [-0.15, -0.1) is 24.0 Å². The highest BCUT2D eigenvalue weighted by Crippen LogP contribution is 2.10. The Morgan fingerprint density at radius 1 is 1.06 bits per heavy atom. The fraction of sp³-hybridized carbons (Fsp3) is 0.455. The summed E-state index contributed by atoms with van der Waals surface area (Å²) in [6.07, 6.45) is 1.97. The number of carbonyl (C=O) groups is 1. The molecule has 1 aliphatic rings. The first-order chi connectivity index (χ1) is 15.0. The summed E-state index contributed by atoms with van der Waals surface area (Å²) in [7, 11) is -3.16. The average Bonchev–Trinajstić information content (AvgIpc) is 3.31. The molecular formula is C22H31IN4O4S. The molecule has 0 atom stereocenters. The van der Waals surface area contributed by atoms with E-state index < -0.39 is 9.84 Å². The van der Waals surface area contributed by atoms with Crippen molar-refractivity contribution < 1.29 is 17.6 Å². The Bertz CT molecular complexity index is 957. The minimum absolute atomic E-state index is 0. The number of piperazine rings is 1. The van der Waals surface area contributed by atoms with Gasteiger partial charge in [0.1, 0.15) is 0 Å². The van der Waals surface area contributed by atoms with Crippen LogP contribution in [-0.2, 0) is 15.6 Å². The van der Waals surface area contributed by atoms with Crippen LogP contribution < -0.4 is 5.32 Å². The SMILES string of the molecule is CCNC(=NCCCS(=O)(=O)Cc1ccccc1)N1CCN(C(=O)c2ccco2)CC1.I. The number of carbonyl (C=O) groups excluding carboxylic acids is 1. The molecule has 10 heteroatoms. The van der Waals surface area contributed by atoms with Gasteiger partial charge < -0.3 is 19.5 Å². The number of nitrogens with one attached hydrogen (secondary N) is 1. The molecular weight excluding hydrogens is 543 g/mol. The molecule has 1 amide bonds. The quantitative estimate of drug-likeness (QED) is 0.226. The molecule has 0 spiro atoms. The van der Waals surface area contributed by atoms with Crippen molar-refractivity contribution in [2.24, 2.45) is 4.99 Å². The second-order valence-corrected chi connectivity index (χ2v) is 9.61. The predicted molar refractivity (Wildman–Crippen MR) is 136 cm³/mol. The molecule has 32 heavy (non-hydrogen) atoms. The molecule has 2 heterocycles. The van der Waals surface area contributed by atoms with Gasteiger partial charge in [-0.05, 0) is 31.0 Å². The van der Waals surface area contributed by atoms with Crippen LogP contribution in [0.4, 0.5) is 0 Å². The van der Waals surface area contributed by atoms with Crippen molar-refractivity contribution in [1.29, 1.82) is 0 Å². The van der Waals surface area contributed by atoms with E-state index in [1.165, 1.54) is 6.26 Å². The molecule has 0 radical (unpaired) electrons. The first kappa shape index (κ1) is 26.2. The summed E-state index contributed by atoms with van der Waals surface area (Å²) in [5, 5.41) is 3.27. The number of halogens is 1. The van der Waals surface area contributed by atoms with Gasteiger partial charge >= 0.3 is 0 Å². The van der Waals surface area contributed by atoms with E-state index in [1.54, 1.807) is 17.0 Å². The molecule has 0 saturated carbocycles. The molecule has 1 aromatic heterocycles. The lowest BCUT2D eigenvalue weighted by Gasteiger charge is -2.36. The van der Waals surface area contributed by atoms with Gasteiger partial charge in [0, 0.05) is 39.3 Å². The van der Waals surface area contributed by atoms with Crippen LogP contribution in [0.25, 0.3) is 0 Å². The second kappa shape index (κ2) is 12.8. The van der Waals surface area contributed by atoms with Crippen molar-refractivity contribution in [2.45, 2.75) is 19.1 Å². The third kappa shape index (κ3) is 7.80. The minimum atomic E-state index is -3.16. The number of rotatable bonds is 8. The first-order valence-electron chi connectivity index (χ1n) is 10.6. The van der Waals surface area contributed by atoms with Crippen LogP contribution in [0.3, 0.4) is 0 Å². The van der Waals surface area contributed by atoms with Gasteiger partial charge in [-0.3, -0.25) is 9.79 Å². The Labute approximate surface area is 207 Å². The van der Waals surface area contributed by atoms with Gasteiger partial charge in [0.15, 0.2) is 21.6 Å². The lowest BCUT2D eigenvalue weighted by molar-refractivity contribution is 0.0657. The number of sulfone groups is 1. The number of guanidine groups is 1. The van der Waals surface area contributed by atoms with Crippen LogP contribution in [0.5, 0.6) is 0 Å². The molecule has 176 valence electrons. The third-order valence-corrected chi connectivity index (χ3v) is 6.72. The summed E-state index contributed by atoms with van der Waals surface area (Å²) in [6, 6.07) is 12.6. The zero-order valence-electron chi connectivity index (χ0n) is 18.3. The Hall–Kier alpha value is -2.08. The number of aliphatic imine (C=N–C) groups is 1. The Morgan fingerprint density at radius 2 is 1.75 bits per heavy atom. The monoisotopic (exact) mass is 574 g/mol. The molecule has 0 bridgehead atoms. The normalized spacial score (nSPS) is 14.7. The van der Waals surface area contributed by atoms with Crippen LogP contribution in [0.1, 0.15) is 29.5 Å². The summed E-state index contributed by atoms with van der Waals surface area (Å²) in [4.78, 5) is 20.9. The number of hydrogen-bond donors (Lipinski definition) is 1. The number of nitrogens with zero attached hydrogens (tertiary/aromatic N) is 3. The zero-order valence-corrected chi connectivity index (χ0v) is 21.4. The lowest BCUT2D eigenvalue weighted by Crippen LogP contribution is -2.53. The molecule has 1 aromatic carbocycles. The van der Waals surface area contributed by atoms with E-state index in [1.807, 2.05) is 37.3 Å². The highest BCUT2D eigenvalue weighted by molar-refractivity contribution is 14.0. The van der Waals surface area contributed by atoms with Gasteiger partial charge in [-0.25, -0.2) is 8.42 Å². The van der Waals surface area contributed by atoms with Crippen LogP contribution in [0.15, 0.2) is 58.1 Å². The van der Waals surface area contributed by atoms with Crippen molar-refractivity contribution in [1.82, 2.24) is 15.1 Å². The fourth-order valence-corrected chi connectivity index (χ4v) is 4.89. The number of amides is 1. The van der Waals surface area contributed by atoms with E-state index in [9.17, 15) is 13.2 Å². The Kier molecular flexibility index (Phi) is 10.5. The molecule has 1 N–H and O–H groups in total. The predicted octanol–water partition coefficient (Wildman–Crippen LogP) is 2.63. The van der Waals surface area contributed by atoms with Gasteiger partial charge in [0.25, 0.3) is 5.91 Å². The Morgan fingerprint density at radius 3 is 2.38 bits per heavy atom. The highest BCUT2D eigenvalue weighted by Gasteiger charge is 2.25. The molecule has 2 aromatic rings.